The van der Waals surface area contributed by atoms with E-state index in [2.05, 4.69) is 4.74 Å². The van der Waals surface area contributed by atoms with Crippen molar-refractivity contribution in [2.24, 2.45) is 0 Å². The summed E-state index contributed by atoms with van der Waals surface area (Å²) < 4.78 is 40.5. The van der Waals surface area contributed by atoms with Gasteiger partial charge in [-0.05, 0) is 29.1 Å². The lowest BCUT2D eigenvalue weighted by molar-refractivity contribution is -0.274. The van der Waals surface area contributed by atoms with Crippen LogP contribution in [-0.2, 0) is 0 Å². The molecule has 0 unspecified atom stereocenters. The average Bonchev–Trinajstić information content (AvgIpc) is 2.62. The minimum absolute atomic E-state index is 0.253. The van der Waals surface area contributed by atoms with Crippen LogP contribution in [0.15, 0.2) is 35.7 Å². The van der Waals surface area contributed by atoms with E-state index >= 15 is 0 Å². The molecular formula is C11H6ClF3OS. The Hall–Kier alpha value is -1.20. The summed E-state index contributed by atoms with van der Waals surface area (Å²) >= 11 is 7.24. The van der Waals surface area contributed by atoms with E-state index in [1.54, 1.807) is 17.5 Å². The van der Waals surface area contributed by atoms with Crippen molar-refractivity contribution >= 4 is 22.9 Å². The molecule has 0 atom stereocenters. The zero-order chi connectivity index (χ0) is 12.5. The first-order valence-electron chi connectivity index (χ1n) is 4.55. The van der Waals surface area contributed by atoms with Crippen LogP contribution in [0.3, 0.4) is 0 Å². The van der Waals surface area contributed by atoms with E-state index in [1.165, 1.54) is 29.5 Å². The van der Waals surface area contributed by atoms with Gasteiger partial charge in [0.1, 0.15) is 10.1 Å². The molecule has 90 valence electrons. The Kier molecular flexibility index (Phi) is 3.31. The van der Waals surface area contributed by atoms with Crippen LogP contribution in [0.25, 0.3) is 11.1 Å². The van der Waals surface area contributed by atoms with Crippen LogP contribution in [-0.4, -0.2) is 6.36 Å². The molecule has 1 nitrogen and oxygen atoms in total. The summed E-state index contributed by atoms with van der Waals surface area (Å²) in [7, 11) is 0. The van der Waals surface area contributed by atoms with Crippen LogP contribution < -0.4 is 4.74 Å². The molecule has 1 aromatic carbocycles. The lowest BCUT2D eigenvalue weighted by Gasteiger charge is -2.09. The van der Waals surface area contributed by atoms with Gasteiger partial charge in [0.05, 0.1) is 0 Å². The van der Waals surface area contributed by atoms with Crippen molar-refractivity contribution in [3.05, 3.63) is 40.0 Å². The van der Waals surface area contributed by atoms with Crippen LogP contribution in [0.5, 0.6) is 5.75 Å². The van der Waals surface area contributed by atoms with Gasteiger partial charge in [-0.3, -0.25) is 0 Å². The molecular weight excluding hydrogens is 273 g/mol. The molecule has 0 amide bonds. The second-order valence-corrected chi connectivity index (χ2v) is 4.70. The minimum Gasteiger partial charge on any atom is -0.406 e. The number of rotatable bonds is 2. The predicted octanol–water partition coefficient (Wildman–Crippen LogP) is 4.97. The van der Waals surface area contributed by atoms with Crippen molar-refractivity contribution in [2.75, 3.05) is 0 Å². The third-order valence-electron chi connectivity index (χ3n) is 2.00. The summed E-state index contributed by atoms with van der Waals surface area (Å²) in [4.78, 5) is 0. The molecule has 6 heteroatoms. The lowest BCUT2D eigenvalue weighted by atomic mass is 10.1. The fraction of sp³-hybridized carbons (Fsp3) is 0.0909. The van der Waals surface area contributed by atoms with Gasteiger partial charge in [-0.15, -0.1) is 24.5 Å². The molecule has 0 aliphatic rings. The molecule has 0 bridgehead atoms. The van der Waals surface area contributed by atoms with Crippen molar-refractivity contribution in [2.45, 2.75) is 6.36 Å². The van der Waals surface area contributed by atoms with Gasteiger partial charge in [0.2, 0.25) is 0 Å². The Morgan fingerprint density at radius 2 is 1.94 bits per heavy atom. The fourth-order valence-electron chi connectivity index (χ4n) is 1.36. The maximum absolute atomic E-state index is 12.0. The molecule has 0 spiro atoms. The van der Waals surface area contributed by atoms with E-state index in [1.807, 2.05) is 0 Å². The largest absolute Gasteiger partial charge is 0.573 e. The Morgan fingerprint density at radius 1 is 1.18 bits per heavy atom. The summed E-state index contributed by atoms with van der Waals surface area (Å²) in [6, 6.07) is 7.47. The normalized spacial score (nSPS) is 11.5. The average molecular weight is 279 g/mol. The third kappa shape index (κ3) is 3.14. The SMILES string of the molecule is FC(F)(F)Oc1cccc(-c2ccsc2Cl)c1. The topological polar surface area (TPSA) is 9.23 Å². The predicted molar refractivity (Wildman–Crippen MR) is 61.4 cm³/mol. The molecule has 0 radical (unpaired) electrons. The van der Waals surface area contributed by atoms with E-state index in [-0.39, 0.29) is 5.75 Å². The van der Waals surface area contributed by atoms with Gasteiger partial charge in [-0.25, -0.2) is 0 Å². The van der Waals surface area contributed by atoms with Gasteiger partial charge in [-0.2, -0.15) is 0 Å². The minimum atomic E-state index is -4.68. The molecule has 2 rings (SSSR count). The second kappa shape index (κ2) is 4.58. The highest BCUT2D eigenvalue weighted by Crippen LogP contribution is 2.34. The highest BCUT2D eigenvalue weighted by molar-refractivity contribution is 7.15. The Morgan fingerprint density at radius 3 is 2.53 bits per heavy atom. The van der Waals surface area contributed by atoms with E-state index in [9.17, 15) is 13.2 Å². The second-order valence-electron chi connectivity index (χ2n) is 3.18. The third-order valence-corrected chi connectivity index (χ3v) is 3.17. The fourth-order valence-corrected chi connectivity index (χ4v) is 2.32. The number of hydrogen-bond donors (Lipinski definition) is 0. The van der Waals surface area contributed by atoms with Gasteiger partial charge >= 0.3 is 6.36 Å². The van der Waals surface area contributed by atoms with Crippen molar-refractivity contribution < 1.29 is 17.9 Å². The van der Waals surface area contributed by atoms with Gasteiger partial charge in [0, 0.05) is 5.56 Å². The van der Waals surface area contributed by atoms with Crippen LogP contribution in [0.4, 0.5) is 13.2 Å². The standard InChI is InChI=1S/C11H6ClF3OS/c12-10-9(4-5-17-10)7-2-1-3-8(6-7)16-11(13,14)15/h1-6H. The summed E-state index contributed by atoms with van der Waals surface area (Å²) in [5.41, 5.74) is 1.29. The first-order valence-corrected chi connectivity index (χ1v) is 5.80. The van der Waals surface area contributed by atoms with Crippen LogP contribution in [0.2, 0.25) is 4.34 Å². The molecule has 1 heterocycles. The molecule has 0 aliphatic carbocycles. The van der Waals surface area contributed by atoms with Crippen molar-refractivity contribution in [3.8, 4) is 16.9 Å². The quantitative estimate of drug-likeness (QED) is 0.754. The van der Waals surface area contributed by atoms with Gasteiger partial charge in [0.25, 0.3) is 0 Å². The number of halogens is 4. The zero-order valence-electron chi connectivity index (χ0n) is 8.29. The number of thiophene rings is 1. The Labute approximate surface area is 104 Å². The molecule has 0 saturated carbocycles. The molecule has 0 aliphatic heterocycles. The zero-order valence-corrected chi connectivity index (χ0v) is 9.86. The summed E-state index contributed by atoms with van der Waals surface area (Å²) in [6.07, 6.45) is -4.68. The highest BCUT2D eigenvalue weighted by atomic mass is 35.5. The Balaban J connectivity index is 2.32. The van der Waals surface area contributed by atoms with Crippen molar-refractivity contribution in [3.63, 3.8) is 0 Å². The summed E-state index contributed by atoms with van der Waals surface area (Å²) in [6.45, 7) is 0. The van der Waals surface area contributed by atoms with E-state index in [0.29, 0.717) is 15.5 Å². The monoisotopic (exact) mass is 278 g/mol. The van der Waals surface area contributed by atoms with Gasteiger partial charge in [-0.1, -0.05) is 23.7 Å². The lowest BCUT2D eigenvalue weighted by Crippen LogP contribution is -2.17. The first kappa shape index (κ1) is 12.3. The maximum atomic E-state index is 12.0. The van der Waals surface area contributed by atoms with Crippen LogP contribution in [0, 0.1) is 0 Å². The van der Waals surface area contributed by atoms with Gasteiger partial charge in [0.15, 0.2) is 0 Å². The smallest absolute Gasteiger partial charge is 0.406 e. The van der Waals surface area contributed by atoms with Crippen molar-refractivity contribution in [1.82, 2.24) is 0 Å². The number of benzene rings is 1. The molecule has 2 aromatic rings. The van der Waals surface area contributed by atoms with E-state index < -0.39 is 6.36 Å². The maximum Gasteiger partial charge on any atom is 0.573 e. The molecule has 17 heavy (non-hydrogen) atoms. The molecule has 0 N–H and O–H groups in total. The number of ether oxygens (including phenoxy) is 1. The number of alkyl halides is 3. The number of hydrogen-bond acceptors (Lipinski definition) is 2. The van der Waals surface area contributed by atoms with E-state index in [4.69, 9.17) is 11.6 Å². The van der Waals surface area contributed by atoms with Crippen molar-refractivity contribution in [1.29, 1.82) is 0 Å². The van der Waals surface area contributed by atoms with E-state index in [0.717, 1.165) is 0 Å². The molecule has 0 fully saturated rings. The summed E-state index contributed by atoms with van der Waals surface area (Å²) in [5, 5.41) is 1.77. The molecule has 1 aromatic heterocycles. The van der Waals surface area contributed by atoms with Crippen LogP contribution in [0.1, 0.15) is 0 Å². The summed E-state index contributed by atoms with van der Waals surface area (Å²) in [5.74, 6) is -0.253. The Bertz CT molecular complexity index is 521. The molecule has 0 saturated heterocycles. The van der Waals surface area contributed by atoms with Gasteiger partial charge < -0.3 is 4.74 Å². The van der Waals surface area contributed by atoms with Crippen LogP contribution >= 0.6 is 22.9 Å². The highest BCUT2D eigenvalue weighted by Gasteiger charge is 2.31. The first-order chi connectivity index (χ1) is 7.96.